The van der Waals surface area contributed by atoms with Crippen LogP contribution in [0.4, 0.5) is 0 Å². The molecule has 0 spiro atoms. The molecule has 148 valence electrons. The van der Waals surface area contributed by atoms with Crippen LogP contribution in [0, 0.1) is 0 Å². The van der Waals surface area contributed by atoms with Gasteiger partial charge in [0.1, 0.15) is 5.75 Å². The van der Waals surface area contributed by atoms with E-state index in [1.165, 1.54) is 5.56 Å². The van der Waals surface area contributed by atoms with Gasteiger partial charge in [-0.25, -0.2) is 0 Å². The summed E-state index contributed by atoms with van der Waals surface area (Å²) in [5.41, 5.74) is 3.89. The third kappa shape index (κ3) is 4.48. The molecule has 1 aromatic heterocycles. The molecule has 1 aliphatic heterocycles. The maximum atomic E-state index is 13.0. The van der Waals surface area contributed by atoms with Crippen molar-refractivity contribution in [1.29, 1.82) is 0 Å². The van der Waals surface area contributed by atoms with Crippen molar-refractivity contribution >= 4 is 5.91 Å². The molecule has 0 unspecified atom stereocenters. The Kier molecular flexibility index (Phi) is 5.89. The number of carbonyl (C=O) groups excluding carboxylic acids is 1. The first-order valence-corrected chi connectivity index (χ1v) is 10.2. The van der Waals surface area contributed by atoms with Crippen molar-refractivity contribution in [2.45, 2.75) is 25.2 Å². The second-order valence-electron chi connectivity index (χ2n) is 7.49. The van der Waals surface area contributed by atoms with Crippen LogP contribution in [0.3, 0.4) is 0 Å². The highest BCUT2D eigenvalue weighted by atomic mass is 16.5. The Balaban J connectivity index is 1.42. The first-order valence-electron chi connectivity index (χ1n) is 10.2. The van der Waals surface area contributed by atoms with Crippen LogP contribution in [0.2, 0.25) is 0 Å². The first-order chi connectivity index (χ1) is 14.2. The number of hydrogen-bond acceptors (Lipinski definition) is 3. The van der Waals surface area contributed by atoms with E-state index >= 15 is 0 Å². The molecule has 0 aliphatic carbocycles. The minimum atomic E-state index is 0.0764. The predicted octanol–water partition coefficient (Wildman–Crippen LogP) is 5.17. The van der Waals surface area contributed by atoms with Crippen LogP contribution in [-0.2, 0) is 0 Å². The number of aromatic nitrogens is 1. The molecule has 1 atom stereocenters. The van der Waals surface area contributed by atoms with Crippen molar-refractivity contribution in [3.8, 4) is 17.0 Å². The van der Waals surface area contributed by atoms with Crippen LogP contribution in [-0.4, -0.2) is 36.0 Å². The van der Waals surface area contributed by atoms with Gasteiger partial charge in [-0.2, -0.15) is 0 Å². The van der Waals surface area contributed by atoms with E-state index in [2.05, 4.69) is 35.3 Å². The highest BCUT2D eigenvalue weighted by Crippen LogP contribution is 2.28. The smallest absolute Gasteiger partial charge is 0.255 e. The van der Waals surface area contributed by atoms with Crippen molar-refractivity contribution in [3.05, 3.63) is 84.1 Å². The number of methoxy groups -OCH3 is 1. The van der Waals surface area contributed by atoms with Gasteiger partial charge in [-0.05, 0) is 67.1 Å². The van der Waals surface area contributed by atoms with Crippen LogP contribution in [0.5, 0.6) is 5.75 Å². The minimum absolute atomic E-state index is 0.0764. The number of carbonyl (C=O) groups is 1. The summed E-state index contributed by atoms with van der Waals surface area (Å²) in [6, 6.07) is 22.2. The number of pyridine rings is 1. The zero-order chi connectivity index (χ0) is 20.1. The molecule has 1 aliphatic rings. The molecule has 4 rings (SSSR count). The zero-order valence-electron chi connectivity index (χ0n) is 16.8. The van der Waals surface area contributed by atoms with Gasteiger partial charge < -0.3 is 9.64 Å². The molecular formula is C25H26N2O2. The molecule has 1 amide bonds. The number of rotatable bonds is 4. The Bertz CT molecular complexity index is 937. The fourth-order valence-electron chi connectivity index (χ4n) is 3.99. The summed E-state index contributed by atoms with van der Waals surface area (Å²) in [6.45, 7) is 1.60. The fraction of sp³-hybridized carbons (Fsp3) is 0.280. The molecule has 29 heavy (non-hydrogen) atoms. The number of benzene rings is 2. The van der Waals surface area contributed by atoms with E-state index in [0.717, 1.165) is 49.4 Å². The Morgan fingerprint density at radius 3 is 2.45 bits per heavy atom. The summed E-state index contributed by atoms with van der Waals surface area (Å²) in [6.07, 6.45) is 4.86. The molecule has 0 saturated carbocycles. The van der Waals surface area contributed by atoms with Gasteiger partial charge >= 0.3 is 0 Å². The lowest BCUT2D eigenvalue weighted by Gasteiger charge is -2.21. The third-order valence-electron chi connectivity index (χ3n) is 5.68. The average molecular weight is 386 g/mol. The van der Waals surface area contributed by atoms with Gasteiger partial charge in [-0.3, -0.25) is 9.78 Å². The van der Waals surface area contributed by atoms with E-state index in [0.29, 0.717) is 11.5 Å². The fourth-order valence-corrected chi connectivity index (χ4v) is 3.99. The van der Waals surface area contributed by atoms with Crippen LogP contribution in [0.1, 0.15) is 41.1 Å². The minimum Gasteiger partial charge on any atom is -0.497 e. The number of nitrogens with zero attached hydrogens (tertiary/aromatic N) is 2. The lowest BCUT2D eigenvalue weighted by Crippen LogP contribution is -2.32. The largest absolute Gasteiger partial charge is 0.497 e. The molecule has 3 aromatic rings. The summed E-state index contributed by atoms with van der Waals surface area (Å²) in [4.78, 5) is 19.5. The van der Waals surface area contributed by atoms with Crippen LogP contribution in [0.15, 0.2) is 72.9 Å². The van der Waals surface area contributed by atoms with Gasteiger partial charge in [-0.1, -0.05) is 30.3 Å². The molecule has 0 N–H and O–H groups in total. The SMILES string of the molecule is COc1ccc(-c2ccc(C(=O)N3CCC[C@@H](c4ccccc4)CC3)cn2)cc1. The second-order valence-corrected chi connectivity index (χ2v) is 7.49. The van der Waals surface area contributed by atoms with Crippen molar-refractivity contribution in [2.75, 3.05) is 20.2 Å². The Labute approximate surface area is 172 Å². The maximum absolute atomic E-state index is 13.0. The van der Waals surface area contributed by atoms with Crippen molar-refractivity contribution < 1.29 is 9.53 Å². The lowest BCUT2D eigenvalue weighted by atomic mass is 9.92. The quantitative estimate of drug-likeness (QED) is 0.621. The molecule has 1 saturated heterocycles. The van der Waals surface area contributed by atoms with E-state index < -0.39 is 0 Å². The van der Waals surface area contributed by atoms with E-state index in [1.807, 2.05) is 41.3 Å². The lowest BCUT2D eigenvalue weighted by molar-refractivity contribution is 0.0760. The van der Waals surface area contributed by atoms with Gasteiger partial charge in [0.05, 0.1) is 18.4 Å². The van der Waals surface area contributed by atoms with E-state index in [1.54, 1.807) is 13.3 Å². The Morgan fingerprint density at radius 2 is 1.76 bits per heavy atom. The molecule has 0 radical (unpaired) electrons. The van der Waals surface area contributed by atoms with E-state index in [4.69, 9.17) is 4.74 Å². The van der Waals surface area contributed by atoms with Gasteiger partial charge in [-0.15, -0.1) is 0 Å². The molecule has 4 nitrogen and oxygen atoms in total. The average Bonchev–Trinajstić information content (AvgIpc) is 3.06. The predicted molar refractivity (Wildman–Crippen MR) is 115 cm³/mol. The van der Waals surface area contributed by atoms with Crippen LogP contribution >= 0.6 is 0 Å². The van der Waals surface area contributed by atoms with Crippen LogP contribution < -0.4 is 4.74 Å². The normalized spacial score (nSPS) is 16.9. The Hall–Kier alpha value is -3.14. The second kappa shape index (κ2) is 8.91. The highest BCUT2D eigenvalue weighted by molar-refractivity contribution is 5.94. The summed E-state index contributed by atoms with van der Waals surface area (Å²) in [5.74, 6) is 1.42. The summed E-state index contributed by atoms with van der Waals surface area (Å²) >= 11 is 0. The molecular weight excluding hydrogens is 360 g/mol. The van der Waals surface area contributed by atoms with Gasteiger partial charge in [0.2, 0.25) is 0 Å². The molecule has 1 fully saturated rings. The van der Waals surface area contributed by atoms with Crippen LogP contribution in [0.25, 0.3) is 11.3 Å². The molecule has 2 heterocycles. The Morgan fingerprint density at radius 1 is 0.966 bits per heavy atom. The van der Waals surface area contributed by atoms with Crippen molar-refractivity contribution in [1.82, 2.24) is 9.88 Å². The van der Waals surface area contributed by atoms with E-state index in [-0.39, 0.29) is 5.91 Å². The standard InChI is InChI=1S/C25H26N2O2/c1-29-23-12-9-21(10-13-23)24-14-11-22(18-26-24)25(28)27-16-5-8-20(15-17-27)19-6-3-2-4-7-19/h2-4,6-7,9-14,18,20H,5,8,15-17H2,1H3/t20-/m1/s1. The molecule has 2 aromatic carbocycles. The first kappa shape index (κ1) is 19.2. The number of ether oxygens (including phenoxy) is 1. The number of hydrogen-bond donors (Lipinski definition) is 0. The van der Waals surface area contributed by atoms with Gasteiger partial charge in [0, 0.05) is 24.8 Å². The molecule has 4 heteroatoms. The topological polar surface area (TPSA) is 42.4 Å². The number of amides is 1. The van der Waals surface area contributed by atoms with Gasteiger partial charge in [0.15, 0.2) is 0 Å². The molecule has 0 bridgehead atoms. The monoisotopic (exact) mass is 386 g/mol. The third-order valence-corrected chi connectivity index (χ3v) is 5.68. The number of likely N-dealkylation sites (tertiary alicyclic amines) is 1. The van der Waals surface area contributed by atoms with E-state index in [9.17, 15) is 4.79 Å². The van der Waals surface area contributed by atoms with Crippen molar-refractivity contribution in [2.24, 2.45) is 0 Å². The van der Waals surface area contributed by atoms with Crippen molar-refractivity contribution in [3.63, 3.8) is 0 Å². The zero-order valence-corrected chi connectivity index (χ0v) is 16.8. The van der Waals surface area contributed by atoms with Gasteiger partial charge in [0.25, 0.3) is 5.91 Å². The summed E-state index contributed by atoms with van der Waals surface area (Å²) in [7, 11) is 1.65. The highest BCUT2D eigenvalue weighted by Gasteiger charge is 2.22. The summed E-state index contributed by atoms with van der Waals surface area (Å²) < 4.78 is 5.20. The maximum Gasteiger partial charge on any atom is 0.255 e. The summed E-state index contributed by atoms with van der Waals surface area (Å²) in [5, 5.41) is 0.